The first kappa shape index (κ1) is 68.0. The largest absolute Gasteiger partial charge is 0.496 e. The molecule has 2 saturated heterocycles. The molecular formula is C65H76ClF6N7O8. The maximum atomic E-state index is 14.0. The molecule has 2 fully saturated rings. The number of methoxy groups -OCH3 is 2. The monoisotopic (exact) mass is 1230 g/mol. The highest BCUT2D eigenvalue weighted by Gasteiger charge is 2.35. The predicted octanol–water partition coefficient (Wildman–Crippen LogP) is 12.0. The molecule has 6 aromatic rings. The van der Waals surface area contributed by atoms with Crippen molar-refractivity contribution in [1.29, 1.82) is 0 Å². The molecule has 2 aromatic heterocycles. The normalized spacial score (nSPS) is 13.8. The average Bonchev–Trinajstić information content (AvgIpc) is 2.12. The molecule has 2 aliphatic rings. The van der Waals surface area contributed by atoms with Crippen molar-refractivity contribution in [3.63, 3.8) is 0 Å². The number of halogens is 7. The minimum atomic E-state index is -4.57. The number of anilines is 3. The van der Waals surface area contributed by atoms with Crippen molar-refractivity contribution in [2.75, 3.05) is 82.1 Å². The molecule has 22 heteroatoms. The van der Waals surface area contributed by atoms with Gasteiger partial charge in [0.1, 0.15) is 27.9 Å². The fourth-order valence-electron chi connectivity index (χ4n) is 9.76. The molecule has 0 atom stereocenters. The van der Waals surface area contributed by atoms with Crippen LogP contribution in [0.4, 0.5) is 43.4 Å². The summed E-state index contributed by atoms with van der Waals surface area (Å²) in [5.41, 5.74) is 9.95. The first-order valence-corrected chi connectivity index (χ1v) is 28.6. The van der Waals surface area contributed by atoms with E-state index in [1.54, 1.807) is 85.2 Å². The van der Waals surface area contributed by atoms with Crippen LogP contribution in [-0.4, -0.2) is 121 Å². The third-order valence-electron chi connectivity index (χ3n) is 13.9. The minimum absolute atomic E-state index is 0.0207. The Hall–Kier alpha value is -8.07. The Morgan fingerprint density at radius 3 is 1.33 bits per heavy atom. The van der Waals surface area contributed by atoms with Crippen LogP contribution in [0, 0.1) is 0 Å². The van der Waals surface area contributed by atoms with Gasteiger partial charge in [0.05, 0.1) is 43.9 Å². The fourth-order valence-corrected chi connectivity index (χ4v) is 10.0. The highest BCUT2D eigenvalue weighted by molar-refractivity contribution is 6.30. The van der Waals surface area contributed by atoms with Crippen molar-refractivity contribution in [2.24, 2.45) is 0 Å². The molecule has 8 rings (SSSR count). The van der Waals surface area contributed by atoms with Crippen molar-refractivity contribution in [3.8, 4) is 11.5 Å². The molecule has 87 heavy (non-hydrogen) atoms. The maximum absolute atomic E-state index is 14.0. The molecule has 0 saturated carbocycles. The number of esters is 2. The lowest BCUT2D eigenvalue weighted by Crippen LogP contribution is -2.48. The van der Waals surface area contributed by atoms with E-state index in [1.165, 1.54) is 12.1 Å². The second kappa shape index (κ2) is 29.6. The SMILES string of the molecule is CC(C)(C)OC(=O)Cc1cccc(N)c1.COc1cc(N2CCN(C(C)=O)CC2)ccc1Cc1ccc(C(F)(F)F)c(Cc2cccc(CC(=O)OC(C)(C)C)c2)n1.COc1cc(N2CCN(C(C)=O)CC2)ccc1Cc1ccc(C(F)(F)F)c(Cl)n1. The number of carbonyl (C=O) groups is 4. The third-order valence-corrected chi connectivity index (χ3v) is 14.2. The zero-order valence-electron chi connectivity index (χ0n) is 50.8. The zero-order chi connectivity index (χ0) is 64.0. The van der Waals surface area contributed by atoms with E-state index >= 15 is 0 Å². The molecule has 2 N–H and O–H groups in total. The number of hydrogen-bond donors (Lipinski definition) is 1. The van der Waals surface area contributed by atoms with E-state index < -0.39 is 45.8 Å². The van der Waals surface area contributed by atoms with E-state index in [2.05, 4.69) is 19.8 Å². The van der Waals surface area contributed by atoms with E-state index in [0.717, 1.165) is 53.3 Å². The number of nitrogen functional groups attached to an aromatic ring is 1. The number of aromatic nitrogens is 2. The third kappa shape index (κ3) is 21.1. The van der Waals surface area contributed by atoms with Gasteiger partial charge in [-0.15, -0.1) is 0 Å². The van der Waals surface area contributed by atoms with Gasteiger partial charge in [0.15, 0.2) is 0 Å². The summed E-state index contributed by atoms with van der Waals surface area (Å²) >= 11 is 5.72. The lowest BCUT2D eigenvalue weighted by Gasteiger charge is -2.35. The van der Waals surface area contributed by atoms with Crippen LogP contribution in [0.15, 0.2) is 109 Å². The number of rotatable bonds is 14. The Morgan fingerprint density at radius 1 is 0.517 bits per heavy atom. The average molecular weight is 1230 g/mol. The van der Waals surface area contributed by atoms with Gasteiger partial charge in [-0.2, -0.15) is 26.3 Å². The number of ether oxygens (including phenoxy) is 4. The molecule has 0 aliphatic carbocycles. The fraction of sp³-hybridized carbons (Fsp3) is 0.415. The summed E-state index contributed by atoms with van der Waals surface area (Å²) in [4.78, 5) is 63.2. The molecular weight excluding hydrogens is 1160 g/mol. The number of benzene rings is 4. The van der Waals surface area contributed by atoms with Gasteiger partial charge < -0.3 is 44.3 Å². The van der Waals surface area contributed by atoms with Gasteiger partial charge in [-0.1, -0.05) is 60.1 Å². The summed E-state index contributed by atoms with van der Waals surface area (Å²) in [5, 5.41) is -0.561. The van der Waals surface area contributed by atoms with Crippen molar-refractivity contribution in [2.45, 2.75) is 111 Å². The quantitative estimate of drug-likeness (QED) is 0.0473. The van der Waals surface area contributed by atoms with Gasteiger partial charge in [-0.05, 0) is 107 Å². The molecule has 4 heterocycles. The van der Waals surface area contributed by atoms with Crippen LogP contribution < -0.4 is 25.0 Å². The first-order valence-electron chi connectivity index (χ1n) is 28.3. The Kier molecular flexibility index (Phi) is 23.1. The lowest BCUT2D eigenvalue weighted by molar-refractivity contribution is -0.155. The molecule has 0 bridgehead atoms. The van der Waals surface area contributed by atoms with Crippen LogP contribution in [-0.2, 0) is 73.1 Å². The van der Waals surface area contributed by atoms with Gasteiger partial charge in [0, 0.05) is 137 Å². The molecule has 0 radical (unpaired) electrons. The highest BCUT2D eigenvalue weighted by atomic mass is 35.5. The molecule has 2 aliphatic heterocycles. The molecule has 4 aromatic carbocycles. The smallest absolute Gasteiger partial charge is 0.419 e. The molecule has 0 spiro atoms. The van der Waals surface area contributed by atoms with Crippen molar-refractivity contribution >= 4 is 52.4 Å². The summed E-state index contributed by atoms with van der Waals surface area (Å²) in [5.74, 6) is 0.732. The van der Waals surface area contributed by atoms with Crippen LogP contribution >= 0.6 is 11.6 Å². The first-order chi connectivity index (χ1) is 40.8. The minimum Gasteiger partial charge on any atom is -0.496 e. The van der Waals surface area contributed by atoms with Crippen molar-refractivity contribution in [3.05, 3.63) is 170 Å². The van der Waals surface area contributed by atoms with Gasteiger partial charge in [-0.25, -0.2) is 4.98 Å². The van der Waals surface area contributed by atoms with Crippen LogP contribution in [0.3, 0.4) is 0 Å². The van der Waals surface area contributed by atoms with Crippen LogP contribution in [0.25, 0.3) is 0 Å². The van der Waals surface area contributed by atoms with Gasteiger partial charge in [0.25, 0.3) is 0 Å². The van der Waals surface area contributed by atoms with Gasteiger partial charge in [0.2, 0.25) is 11.8 Å². The number of nitrogens with two attached hydrogens (primary N) is 1. The number of alkyl halides is 6. The Labute approximate surface area is 509 Å². The number of carbonyl (C=O) groups excluding carboxylic acids is 4. The van der Waals surface area contributed by atoms with Crippen molar-refractivity contribution in [1.82, 2.24) is 19.8 Å². The molecule has 0 unspecified atom stereocenters. The zero-order valence-corrected chi connectivity index (χ0v) is 51.5. The van der Waals surface area contributed by atoms with E-state index in [0.29, 0.717) is 85.4 Å². The lowest BCUT2D eigenvalue weighted by atomic mass is 10.00. The highest BCUT2D eigenvalue weighted by Crippen LogP contribution is 2.36. The predicted molar refractivity (Wildman–Crippen MR) is 323 cm³/mol. The van der Waals surface area contributed by atoms with Crippen molar-refractivity contribution < 1.29 is 64.5 Å². The topological polar surface area (TPSA) is 170 Å². The Bertz CT molecular complexity index is 3350. The van der Waals surface area contributed by atoms with E-state index in [1.807, 2.05) is 79.1 Å². The molecule has 468 valence electrons. The van der Waals surface area contributed by atoms with E-state index in [-0.39, 0.29) is 49.2 Å². The second-order valence-corrected chi connectivity index (χ2v) is 23.4. The number of amides is 2. The number of nitrogens with zero attached hydrogens (tertiary/aromatic N) is 6. The summed E-state index contributed by atoms with van der Waals surface area (Å²) < 4.78 is 102. The summed E-state index contributed by atoms with van der Waals surface area (Å²) in [6.45, 7) is 19.5. The number of pyridine rings is 2. The van der Waals surface area contributed by atoms with Gasteiger partial charge in [-0.3, -0.25) is 24.2 Å². The summed E-state index contributed by atoms with van der Waals surface area (Å²) in [6, 6.07) is 30.4. The Morgan fingerprint density at radius 2 is 0.931 bits per heavy atom. The van der Waals surface area contributed by atoms with Crippen LogP contribution in [0.5, 0.6) is 11.5 Å². The maximum Gasteiger partial charge on any atom is 0.419 e. The summed E-state index contributed by atoms with van der Waals surface area (Å²) in [6.07, 6.45) is -8.29. The second-order valence-electron chi connectivity index (χ2n) is 23.0. The van der Waals surface area contributed by atoms with Crippen LogP contribution in [0.2, 0.25) is 5.15 Å². The number of hydrogen-bond acceptors (Lipinski definition) is 13. The van der Waals surface area contributed by atoms with E-state index in [4.69, 9.17) is 36.3 Å². The number of piperazine rings is 2. The molecule has 15 nitrogen and oxygen atoms in total. The van der Waals surface area contributed by atoms with Crippen LogP contribution in [0.1, 0.15) is 111 Å². The standard InChI is InChI=1S/C33H38F3N3O4.C20H21ClF3N3O2.C12H17NO2/c1-22(40)38-13-15-39(16-14-38)27-11-9-25(30(21-27)42-5)20-26-10-12-28(33(34,35)36)29(37-26)18-23-7-6-8-24(17-23)19-31(41)43-32(2,3)4;1-13(28)26-7-9-27(10-8-26)16-5-3-14(18(12-16)29-2)11-15-4-6-17(19(21)25-15)20(22,23)24;1-12(2,3)15-11(14)8-9-5-4-6-10(13)7-9/h6-12,17,21H,13-16,18-20H2,1-5H3;3-6,12H,7-11H2,1-2H3;4-7H,8,13H2,1-3H3. The molecule has 2 amide bonds. The van der Waals surface area contributed by atoms with Gasteiger partial charge >= 0.3 is 24.3 Å². The summed E-state index contributed by atoms with van der Waals surface area (Å²) in [7, 11) is 3.11. The Balaban J connectivity index is 0.000000235. The van der Waals surface area contributed by atoms with E-state index in [9.17, 15) is 45.5 Å².